The van der Waals surface area contributed by atoms with Crippen molar-refractivity contribution in [1.82, 2.24) is 0 Å². The summed E-state index contributed by atoms with van der Waals surface area (Å²) in [4.78, 5) is 10.4. The molecule has 0 aliphatic heterocycles. The molecule has 0 spiro atoms. The van der Waals surface area contributed by atoms with Crippen molar-refractivity contribution < 1.29 is 9.66 Å². The number of nitro groups is 1. The van der Waals surface area contributed by atoms with Crippen molar-refractivity contribution in [2.75, 3.05) is 19.0 Å². The van der Waals surface area contributed by atoms with Crippen molar-refractivity contribution in [2.24, 2.45) is 0 Å². The number of hydrogen-bond donors (Lipinski definition) is 1. The lowest BCUT2D eigenvalue weighted by Gasteiger charge is -2.08. The van der Waals surface area contributed by atoms with Crippen molar-refractivity contribution >= 4 is 23.0 Å². The van der Waals surface area contributed by atoms with Gasteiger partial charge in [-0.15, -0.1) is 0 Å². The highest BCUT2D eigenvalue weighted by atomic mass is 35.5. The van der Waals surface area contributed by atoms with Crippen LogP contribution in [0.2, 0.25) is 5.02 Å². The number of benzene rings is 2. The van der Waals surface area contributed by atoms with Gasteiger partial charge in [0.2, 0.25) is 0 Å². The monoisotopic (exact) mass is 306 g/mol. The molecule has 0 aromatic heterocycles. The predicted molar refractivity (Wildman–Crippen MR) is 83.3 cm³/mol. The highest BCUT2D eigenvalue weighted by Crippen LogP contribution is 2.29. The normalized spacial score (nSPS) is 10.2. The minimum Gasteiger partial charge on any atom is -0.490 e. The van der Waals surface area contributed by atoms with Crippen molar-refractivity contribution in [3.63, 3.8) is 0 Å². The van der Waals surface area contributed by atoms with E-state index in [9.17, 15) is 10.1 Å². The zero-order chi connectivity index (χ0) is 15.2. The van der Waals surface area contributed by atoms with Crippen LogP contribution in [0, 0.1) is 10.1 Å². The van der Waals surface area contributed by atoms with E-state index >= 15 is 0 Å². The van der Waals surface area contributed by atoms with Gasteiger partial charge in [0, 0.05) is 29.4 Å². The number of anilines is 1. The maximum absolute atomic E-state index is 10.8. The zero-order valence-corrected chi connectivity index (χ0v) is 12.3. The fourth-order valence-electron chi connectivity index (χ4n) is 1.94. The molecule has 0 amide bonds. The van der Waals surface area contributed by atoms with Crippen LogP contribution in [0.15, 0.2) is 42.5 Å². The van der Waals surface area contributed by atoms with Gasteiger partial charge in [0.15, 0.2) is 5.75 Å². The largest absolute Gasteiger partial charge is 0.490 e. The summed E-state index contributed by atoms with van der Waals surface area (Å²) >= 11 is 5.83. The fraction of sp³-hybridized carbons (Fsp3) is 0.200. The Hall–Kier alpha value is -2.27. The molecule has 0 heterocycles. The Morgan fingerprint density at radius 3 is 2.57 bits per heavy atom. The number of nitrogens with one attached hydrogen (secondary N) is 1. The molecule has 0 saturated heterocycles. The van der Waals surface area contributed by atoms with Gasteiger partial charge in [0.1, 0.15) is 0 Å². The van der Waals surface area contributed by atoms with Crippen LogP contribution in [-0.2, 0) is 6.42 Å². The first kappa shape index (κ1) is 15.1. The third kappa shape index (κ3) is 4.10. The van der Waals surface area contributed by atoms with Gasteiger partial charge >= 0.3 is 5.69 Å². The molecule has 0 saturated carbocycles. The lowest BCUT2D eigenvalue weighted by Crippen LogP contribution is -2.05. The quantitative estimate of drug-likeness (QED) is 0.649. The smallest absolute Gasteiger partial charge is 0.311 e. The highest BCUT2D eigenvalue weighted by molar-refractivity contribution is 6.30. The topological polar surface area (TPSA) is 64.4 Å². The molecule has 2 rings (SSSR count). The number of nitrogens with zero attached hydrogens (tertiary/aromatic N) is 1. The molecule has 1 N–H and O–H groups in total. The average molecular weight is 307 g/mol. The first-order valence-corrected chi connectivity index (χ1v) is 6.78. The second kappa shape index (κ2) is 6.95. The molecule has 0 fully saturated rings. The van der Waals surface area contributed by atoms with Gasteiger partial charge in [-0.25, -0.2) is 0 Å². The number of ether oxygens (including phenoxy) is 1. The predicted octanol–water partition coefficient (Wildman–Crippen LogP) is 3.91. The summed E-state index contributed by atoms with van der Waals surface area (Å²) in [5.41, 5.74) is 1.91. The molecular formula is C15H15ClN2O3. The number of halogens is 1. The highest BCUT2D eigenvalue weighted by Gasteiger charge is 2.14. The Balaban J connectivity index is 1.97. The lowest BCUT2D eigenvalue weighted by atomic mass is 10.1. The van der Waals surface area contributed by atoms with Crippen LogP contribution < -0.4 is 10.1 Å². The van der Waals surface area contributed by atoms with E-state index in [2.05, 4.69) is 5.32 Å². The minimum atomic E-state index is -0.462. The SMILES string of the molecule is COc1cc(NCCc2ccc(Cl)cc2)ccc1[N+](=O)[O-]. The molecule has 0 unspecified atom stereocenters. The first-order chi connectivity index (χ1) is 10.1. The summed E-state index contributed by atoms with van der Waals surface area (Å²) in [6.07, 6.45) is 0.830. The summed E-state index contributed by atoms with van der Waals surface area (Å²) in [7, 11) is 1.42. The number of methoxy groups -OCH3 is 1. The van der Waals surface area contributed by atoms with E-state index in [4.69, 9.17) is 16.3 Å². The maximum atomic E-state index is 10.8. The second-order valence-corrected chi connectivity index (χ2v) is 4.88. The third-order valence-electron chi connectivity index (χ3n) is 3.03. The van der Waals surface area contributed by atoms with Crippen LogP contribution in [0.25, 0.3) is 0 Å². The summed E-state index contributed by atoms with van der Waals surface area (Å²) in [6, 6.07) is 12.4. The van der Waals surface area contributed by atoms with Crippen molar-refractivity contribution in [1.29, 1.82) is 0 Å². The summed E-state index contributed by atoms with van der Waals surface area (Å²) in [6.45, 7) is 0.711. The van der Waals surface area contributed by atoms with Crippen LogP contribution >= 0.6 is 11.6 Å². The molecule has 0 aliphatic rings. The standard InChI is InChI=1S/C15H15ClN2O3/c1-21-15-10-13(6-7-14(15)18(19)20)17-9-8-11-2-4-12(16)5-3-11/h2-7,10,17H,8-9H2,1H3. The number of hydrogen-bond acceptors (Lipinski definition) is 4. The summed E-state index contributed by atoms with van der Waals surface area (Å²) in [5.74, 6) is 0.247. The molecule has 0 aliphatic carbocycles. The third-order valence-corrected chi connectivity index (χ3v) is 3.28. The maximum Gasteiger partial charge on any atom is 0.311 e. The van der Waals surface area contributed by atoms with Gasteiger partial charge in [-0.3, -0.25) is 10.1 Å². The Morgan fingerprint density at radius 1 is 1.24 bits per heavy atom. The summed E-state index contributed by atoms with van der Waals surface area (Å²) in [5, 5.41) is 14.7. The molecule has 0 atom stereocenters. The Labute approximate surface area is 127 Å². The molecule has 5 nitrogen and oxygen atoms in total. The van der Waals surface area contributed by atoms with Crippen LogP contribution in [0.1, 0.15) is 5.56 Å². The van der Waals surface area contributed by atoms with Gasteiger partial charge in [0.05, 0.1) is 12.0 Å². The van der Waals surface area contributed by atoms with Crippen LogP contribution in [0.5, 0.6) is 5.75 Å². The van der Waals surface area contributed by atoms with E-state index in [0.29, 0.717) is 11.6 Å². The molecule has 0 radical (unpaired) electrons. The average Bonchev–Trinajstić information content (AvgIpc) is 2.49. The molecule has 2 aromatic carbocycles. The Bertz CT molecular complexity index is 629. The Morgan fingerprint density at radius 2 is 1.95 bits per heavy atom. The van der Waals surface area contributed by atoms with E-state index in [0.717, 1.165) is 12.1 Å². The van der Waals surface area contributed by atoms with Gasteiger partial charge in [0.25, 0.3) is 0 Å². The number of nitro benzene ring substituents is 1. The number of rotatable bonds is 6. The van der Waals surface area contributed by atoms with E-state index < -0.39 is 4.92 Å². The fourth-order valence-corrected chi connectivity index (χ4v) is 2.07. The van der Waals surface area contributed by atoms with Crippen LogP contribution in [0.4, 0.5) is 11.4 Å². The molecule has 110 valence electrons. The molecule has 21 heavy (non-hydrogen) atoms. The first-order valence-electron chi connectivity index (χ1n) is 6.41. The van der Waals surface area contributed by atoms with Crippen LogP contribution in [-0.4, -0.2) is 18.6 Å². The van der Waals surface area contributed by atoms with Crippen LogP contribution in [0.3, 0.4) is 0 Å². The Kier molecular flexibility index (Phi) is 5.00. The van der Waals surface area contributed by atoms with E-state index in [-0.39, 0.29) is 11.4 Å². The van der Waals surface area contributed by atoms with E-state index in [1.807, 2.05) is 24.3 Å². The van der Waals surface area contributed by atoms with Crippen molar-refractivity contribution in [3.05, 3.63) is 63.2 Å². The molecular weight excluding hydrogens is 292 g/mol. The lowest BCUT2D eigenvalue weighted by molar-refractivity contribution is -0.385. The van der Waals surface area contributed by atoms with Crippen molar-refractivity contribution in [2.45, 2.75) is 6.42 Å². The van der Waals surface area contributed by atoms with E-state index in [1.54, 1.807) is 12.1 Å². The minimum absolute atomic E-state index is 0.0410. The molecule has 6 heteroatoms. The molecule has 0 bridgehead atoms. The van der Waals surface area contributed by atoms with Gasteiger partial charge in [-0.1, -0.05) is 23.7 Å². The van der Waals surface area contributed by atoms with E-state index in [1.165, 1.54) is 18.7 Å². The second-order valence-electron chi connectivity index (χ2n) is 4.45. The summed E-state index contributed by atoms with van der Waals surface area (Å²) < 4.78 is 5.03. The zero-order valence-electron chi connectivity index (χ0n) is 11.5. The van der Waals surface area contributed by atoms with Gasteiger partial charge < -0.3 is 10.1 Å². The molecule has 2 aromatic rings. The van der Waals surface area contributed by atoms with Crippen molar-refractivity contribution in [3.8, 4) is 5.75 Å². The van der Waals surface area contributed by atoms with Gasteiger partial charge in [-0.05, 0) is 30.2 Å². The van der Waals surface area contributed by atoms with Gasteiger partial charge in [-0.2, -0.15) is 0 Å².